The first-order valence-corrected chi connectivity index (χ1v) is 8.07. The monoisotopic (exact) mass is 333 g/mol. The Balaban J connectivity index is 1.59. The average Bonchev–Trinajstić information content (AvgIpc) is 2.78. The Bertz CT molecular complexity index is 762. The molecule has 1 aliphatic heterocycles. The lowest BCUT2D eigenvalue weighted by atomic mass is 10.2. The molecule has 0 saturated carbocycles. The number of aromatic amines is 1. The van der Waals surface area contributed by atoms with E-state index >= 15 is 0 Å². The second kappa shape index (κ2) is 7.19. The summed E-state index contributed by atoms with van der Waals surface area (Å²) >= 11 is 1.16. The second-order valence-electron chi connectivity index (χ2n) is 4.79. The van der Waals surface area contributed by atoms with Crippen LogP contribution in [0.5, 0.6) is 11.5 Å². The van der Waals surface area contributed by atoms with Crippen LogP contribution in [-0.4, -0.2) is 34.8 Å². The Kier molecular flexibility index (Phi) is 4.82. The van der Waals surface area contributed by atoms with Crippen LogP contribution in [0.15, 0.2) is 40.4 Å². The molecule has 1 aliphatic rings. The second-order valence-corrected chi connectivity index (χ2v) is 5.75. The van der Waals surface area contributed by atoms with Gasteiger partial charge in [-0.05, 0) is 12.1 Å². The fourth-order valence-electron chi connectivity index (χ4n) is 2.00. The number of aromatic nitrogens is 2. The zero-order chi connectivity index (χ0) is 16.1. The lowest BCUT2D eigenvalue weighted by Crippen LogP contribution is -2.15. The van der Waals surface area contributed by atoms with Gasteiger partial charge in [0.25, 0.3) is 5.56 Å². The van der Waals surface area contributed by atoms with Crippen LogP contribution in [0.4, 0.5) is 5.69 Å². The van der Waals surface area contributed by atoms with Gasteiger partial charge < -0.3 is 19.8 Å². The van der Waals surface area contributed by atoms with Gasteiger partial charge in [0.05, 0.1) is 19.0 Å². The summed E-state index contributed by atoms with van der Waals surface area (Å²) in [5.41, 5.74) is 0.389. The maximum atomic E-state index is 12.0. The summed E-state index contributed by atoms with van der Waals surface area (Å²) in [6, 6.07) is 6.60. The van der Waals surface area contributed by atoms with Crippen LogP contribution < -0.4 is 20.3 Å². The highest BCUT2D eigenvalue weighted by atomic mass is 32.2. The highest BCUT2D eigenvalue weighted by Gasteiger charge is 2.12. The van der Waals surface area contributed by atoms with Gasteiger partial charge in [-0.2, -0.15) is 0 Å². The topological polar surface area (TPSA) is 93.3 Å². The van der Waals surface area contributed by atoms with Crippen molar-refractivity contribution in [2.75, 3.05) is 24.3 Å². The predicted octanol–water partition coefficient (Wildman–Crippen LogP) is 1.66. The molecule has 1 aromatic heterocycles. The molecule has 2 aromatic rings. The van der Waals surface area contributed by atoms with Gasteiger partial charge in [0.2, 0.25) is 5.91 Å². The summed E-state index contributed by atoms with van der Waals surface area (Å²) in [4.78, 5) is 29.7. The number of fused-ring (bicyclic) bond motifs is 1. The molecule has 0 bridgehead atoms. The molecular formula is C15H15N3O4S. The third kappa shape index (κ3) is 4.26. The van der Waals surface area contributed by atoms with Crippen molar-refractivity contribution in [3.05, 3.63) is 40.8 Å². The van der Waals surface area contributed by atoms with E-state index in [1.165, 1.54) is 12.3 Å². The zero-order valence-corrected chi connectivity index (χ0v) is 13.0. The highest BCUT2D eigenvalue weighted by Crippen LogP contribution is 2.32. The van der Waals surface area contributed by atoms with Gasteiger partial charge in [-0.15, -0.1) is 0 Å². The number of carbonyl (C=O) groups is 1. The third-order valence-corrected chi connectivity index (χ3v) is 3.91. The molecule has 2 N–H and O–H groups in total. The van der Waals surface area contributed by atoms with Crippen molar-refractivity contribution in [2.24, 2.45) is 0 Å². The van der Waals surface area contributed by atoms with E-state index in [1.54, 1.807) is 18.2 Å². The number of carbonyl (C=O) groups excluding carboxylic acids is 1. The van der Waals surface area contributed by atoms with E-state index in [9.17, 15) is 9.59 Å². The lowest BCUT2D eigenvalue weighted by molar-refractivity contribution is -0.113. The van der Waals surface area contributed by atoms with Crippen LogP contribution in [-0.2, 0) is 4.79 Å². The fourth-order valence-corrected chi connectivity index (χ4v) is 2.65. The molecule has 7 nitrogen and oxygen atoms in total. The van der Waals surface area contributed by atoms with E-state index in [-0.39, 0.29) is 17.2 Å². The minimum absolute atomic E-state index is 0.140. The minimum Gasteiger partial charge on any atom is -0.490 e. The number of hydrogen-bond donors (Lipinski definition) is 2. The highest BCUT2D eigenvalue weighted by molar-refractivity contribution is 7.99. The number of amides is 1. The Labute approximate surface area is 136 Å². The number of ether oxygens (including phenoxy) is 2. The number of hydrogen-bond acceptors (Lipinski definition) is 6. The van der Waals surface area contributed by atoms with E-state index in [1.807, 2.05) is 0 Å². The summed E-state index contributed by atoms with van der Waals surface area (Å²) < 4.78 is 11.1. The van der Waals surface area contributed by atoms with Crippen molar-refractivity contribution in [1.29, 1.82) is 0 Å². The molecule has 0 atom stereocenters. The summed E-state index contributed by atoms with van der Waals surface area (Å²) in [6.45, 7) is 1.21. The van der Waals surface area contributed by atoms with Crippen molar-refractivity contribution in [2.45, 2.75) is 11.6 Å². The van der Waals surface area contributed by atoms with Crippen LogP contribution in [0.25, 0.3) is 0 Å². The first-order valence-electron chi connectivity index (χ1n) is 7.08. The van der Waals surface area contributed by atoms with Crippen LogP contribution in [0, 0.1) is 0 Å². The van der Waals surface area contributed by atoms with Gasteiger partial charge in [0.1, 0.15) is 0 Å². The fraction of sp³-hybridized carbons (Fsp3) is 0.267. The van der Waals surface area contributed by atoms with Crippen LogP contribution in [0.2, 0.25) is 0 Å². The number of benzene rings is 1. The van der Waals surface area contributed by atoms with Crippen molar-refractivity contribution >= 4 is 23.4 Å². The molecule has 0 saturated heterocycles. The summed E-state index contributed by atoms with van der Waals surface area (Å²) in [5.74, 6) is 1.25. The summed E-state index contributed by atoms with van der Waals surface area (Å²) in [7, 11) is 0. The molecule has 3 rings (SSSR count). The number of H-pyrrole nitrogens is 1. The molecule has 1 amide bonds. The number of nitrogens with zero attached hydrogens (tertiary/aromatic N) is 1. The summed E-state index contributed by atoms with van der Waals surface area (Å²) in [5, 5.41) is 3.19. The molecule has 0 spiro atoms. The van der Waals surface area contributed by atoms with Gasteiger partial charge in [-0.25, -0.2) is 4.98 Å². The first kappa shape index (κ1) is 15.4. The van der Waals surface area contributed by atoms with Gasteiger partial charge in [-0.3, -0.25) is 9.59 Å². The van der Waals surface area contributed by atoms with Gasteiger partial charge in [-0.1, -0.05) is 11.8 Å². The molecule has 120 valence electrons. The standard InChI is InChI=1S/C15H15N3O4S/c19-13-4-5-16-15(18-13)23-9-14(20)17-10-2-3-11-12(8-10)22-7-1-6-21-11/h2-5,8H,1,6-7,9H2,(H,17,20)(H,16,18,19). The zero-order valence-electron chi connectivity index (χ0n) is 12.2. The molecule has 0 fully saturated rings. The van der Waals surface area contributed by atoms with Gasteiger partial charge >= 0.3 is 0 Å². The Hall–Kier alpha value is -2.48. The van der Waals surface area contributed by atoms with Gasteiger partial charge in [0, 0.05) is 30.4 Å². The third-order valence-electron chi connectivity index (χ3n) is 3.02. The van der Waals surface area contributed by atoms with Crippen LogP contribution in [0.1, 0.15) is 6.42 Å². The number of nitrogens with one attached hydrogen (secondary N) is 2. The number of anilines is 1. The number of rotatable bonds is 4. The minimum atomic E-state index is -0.245. The predicted molar refractivity (Wildman–Crippen MR) is 86.3 cm³/mol. The van der Waals surface area contributed by atoms with Crippen molar-refractivity contribution in [1.82, 2.24) is 9.97 Å². The summed E-state index contributed by atoms with van der Waals surface area (Å²) in [6.07, 6.45) is 2.23. The van der Waals surface area contributed by atoms with E-state index in [0.29, 0.717) is 35.6 Å². The molecule has 2 heterocycles. The van der Waals surface area contributed by atoms with E-state index in [0.717, 1.165) is 18.2 Å². The number of thioether (sulfide) groups is 1. The van der Waals surface area contributed by atoms with Crippen molar-refractivity contribution in [3.8, 4) is 11.5 Å². The normalized spacial score (nSPS) is 13.2. The molecular weight excluding hydrogens is 318 g/mol. The van der Waals surface area contributed by atoms with Crippen molar-refractivity contribution < 1.29 is 14.3 Å². The van der Waals surface area contributed by atoms with Crippen molar-refractivity contribution in [3.63, 3.8) is 0 Å². The average molecular weight is 333 g/mol. The Morgan fingerprint density at radius 1 is 1.26 bits per heavy atom. The largest absolute Gasteiger partial charge is 0.490 e. The van der Waals surface area contributed by atoms with E-state index in [4.69, 9.17) is 9.47 Å². The van der Waals surface area contributed by atoms with E-state index < -0.39 is 0 Å². The van der Waals surface area contributed by atoms with Crippen LogP contribution >= 0.6 is 11.8 Å². The maximum absolute atomic E-state index is 12.0. The molecule has 0 aliphatic carbocycles. The quantitative estimate of drug-likeness (QED) is 0.653. The molecule has 0 unspecified atom stereocenters. The maximum Gasteiger partial charge on any atom is 0.251 e. The molecule has 1 aromatic carbocycles. The van der Waals surface area contributed by atoms with Crippen LogP contribution in [0.3, 0.4) is 0 Å². The Morgan fingerprint density at radius 3 is 2.91 bits per heavy atom. The van der Waals surface area contributed by atoms with Gasteiger partial charge in [0.15, 0.2) is 16.7 Å². The SMILES string of the molecule is O=C(CSc1nccc(=O)[nH]1)Nc1ccc2c(c1)OCCCO2. The molecule has 23 heavy (non-hydrogen) atoms. The smallest absolute Gasteiger partial charge is 0.251 e. The molecule has 8 heteroatoms. The van der Waals surface area contributed by atoms with E-state index in [2.05, 4.69) is 15.3 Å². The Morgan fingerprint density at radius 2 is 2.09 bits per heavy atom. The first-order chi connectivity index (χ1) is 11.2. The lowest BCUT2D eigenvalue weighted by Gasteiger charge is -2.10. The molecule has 0 radical (unpaired) electrons.